The van der Waals surface area contributed by atoms with Crippen LogP contribution in [0.3, 0.4) is 0 Å². The summed E-state index contributed by atoms with van der Waals surface area (Å²) in [6.45, 7) is 4.00. The summed E-state index contributed by atoms with van der Waals surface area (Å²) in [5.74, 6) is -0.397. The summed E-state index contributed by atoms with van der Waals surface area (Å²) in [7, 11) is 0. The van der Waals surface area contributed by atoms with Gasteiger partial charge in [-0.05, 0) is 41.4 Å². The molecule has 0 aliphatic carbocycles. The Labute approximate surface area is 129 Å². The molecule has 0 fully saturated rings. The number of rotatable bonds is 4. The van der Waals surface area contributed by atoms with E-state index in [9.17, 15) is 9.59 Å². The topological polar surface area (TPSA) is 67.4 Å². The molecule has 1 aliphatic rings. The Morgan fingerprint density at radius 3 is 2.85 bits per heavy atom. The molecule has 1 aromatic rings. The van der Waals surface area contributed by atoms with Crippen LogP contribution in [0.4, 0.5) is 4.79 Å². The molecule has 7 heteroatoms. The zero-order valence-electron chi connectivity index (χ0n) is 11.2. The SMILES string of the molecule is CCCOC(=O)C1=C(C)NC(=O)N[C@@H]1c1ccc(Br)s1. The fraction of sp³-hybridized carbons (Fsp3) is 0.385. The summed E-state index contributed by atoms with van der Waals surface area (Å²) in [4.78, 5) is 24.7. The van der Waals surface area contributed by atoms with Gasteiger partial charge in [-0.1, -0.05) is 6.92 Å². The van der Waals surface area contributed by atoms with E-state index in [1.807, 2.05) is 19.1 Å². The monoisotopic (exact) mass is 358 g/mol. The number of carbonyl (C=O) groups excluding carboxylic acids is 2. The van der Waals surface area contributed by atoms with Gasteiger partial charge in [-0.15, -0.1) is 11.3 Å². The molecule has 1 aromatic heterocycles. The molecule has 20 heavy (non-hydrogen) atoms. The summed E-state index contributed by atoms with van der Waals surface area (Å²) < 4.78 is 6.14. The Hall–Kier alpha value is -1.34. The van der Waals surface area contributed by atoms with E-state index in [2.05, 4.69) is 26.6 Å². The van der Waals surface area contributed by atoms with Gasteiger partial charge in [0, 0.05) is 10.6 Å². The molecule has 2 N–H and O–H groups in total. The van der Waals surface area contributed by atoms with Crippen molar-refractivity contribution in [1.29, 1.82) is 0 Å². The van der Waals surface area contributed by atoms with Crippen LogP contribution in [0.5, 0.6) is 0 Å². The molecule has 0 saturated carbocycles. The highest BCUT2D eigenvalue weighted by Crippen LogP contribution is 2.34. The maximum Gasteiger partial charge on any atom is 0.338 e. The number of esters is 1. The number of hydrogen-bond acceptors (Lipinski definition) is 4. The molecule has 0 spiro atoms. The van der Waals surface area contributed by atoms with Gasteiger partial charge in [-0.25, -0.2) is 9.59 Å². The van der Waals surface area contributed by atoms with Gasteiger partial charge in [-0.3, -0.25) is 0 Å². The van der Waals surface area contributed by atoms with Crippen LogP contribution in [0, 0.1) is 0 Å². The predicted octanol–water partition coefficient (Wildman–Crippen LogP) is 3.09. The minimum absolute atomic E-state index is 0.316. The Kier molecular flexibility index (Phi) is 4.82. The standard InChI is InChI=1S/C13H15BrN2O3S/c1-3-6-19-12(17)10-7(2)15-13(18)16-11(10)8-4-5-9(14)20-8/h4-5,11H,3,6H2,1-2H3,(H2,15,16,18)/t11-/m1/s1. The average molecular weight is 359 g/mol. The third kappa shape index (κ3) is 3.21. The summed E-state index contributed by atoms with van der Waals surface area (Å²) in [6.07, 6.45) is 0.757. The minimum atomic E-state index is -0.468. The number of ether oxygens (including phenoxy) is 1. The Balaban J connectivity index is 2.33. The highest BCUT2D eigenvalue weighted by molar-refractivity contribution is 9.11. The van der Waals surface area contributed by atoms with E-state index in [0.717, 1.165) is 15.1 Å². The van der Waals surface area contributed by atoms with Crippen molar-refractivity contribution in [3.8, 4) is 0 Å². The van der Waals surface area contributed by atoms with Gasteiger partial charge in [-0.2, -0.15) is 0 Å². The predicted molar refractivity (Wildman–Crippen MR) is 80.4 cm³/mol. The summed E-state index contributed by atoms with van der Waals surface area (Å²) in [5.41, 5.74) is 0.983. The molecule has 0 unspecified atom stereocenters. The number of nitrogens with one attached hydrogen (secondary N) is 2. The van der Waals surface area contributed by atoms with Crippen molar-refractivity contribution in [3.05, 3.63) is 32.1 Å². The van der Waals surface area contributed by atoms with Crippen LogP contribution >= 0.6 is 27.3 Å². The summed E-state index contributed by atoms with van der Waals surface area (Å²) >= 11 is 4.86. The summed E-state index contributed by atoms with van der Waals surface area (Å²) in [5, 5.41) is 5.38. The van der Waals surface area contributed by atoms with Crippen LogP contribution in [-0.2, 0) is 9.53 Å². The van der Waals surface area contributed by atoms with Gasteiger partial charge in [0.25, 0.3) is 0 Å². The molecule has 5 nitrogen and oxygen atoms in total. The van der Waals surface area contributed by atoms with Crippen molar-refractivity contribution in [2.75, 3.05) is 6.61 Å². The van der Waals surface area contributed by atoms with Crippen molar-refractivity contribution in [3.63, 3.8) is 0 Å². The first-order valence-corrected chi connectivity index (χ1v) is 7.84. The first-order chi connectivity index (χ1) is 9.52. The van der Waals surface area contributed by atoms with E-state index in [4.69, 9.17) is 4.74 Å². The molecule has 0 radical (unpaired) electrons. The largest absolute Gasteiger partial charge is 0.462 e. The van der Waals surface area contributed by atoms with Crippen LogP contribution in [-0.4, -0.2) is 18.6 Å². The van der Waals surface area contributed by atoms with E-state index < -0.39 is 12.0 Å². The van der Waals surface area contributed by atoms with E-state index >= 15 is 0 Å². The molecule has 108 valence electrons. The number of thiophene rings is 1. The molecular weight excluding hydrogens is 344 g/mol. The maximum absolute atomic E-state index is 12.2. The fourth-order valence-corrected chi connectivity index (χ4v) is 3.42. The molecule has 1 atom stereocenters. The zero-order chi connectivity index (χ0) is 14.7. The van der Waals surface area contributed by atoms with Crippen molar-refractivity contribution in [1.82, 2.24) is 10.6 Å². The lowest BCUT2D eigenvalue weighted by molar-refractivity contribution is -0.139. The highest BCUT2D eigenvalue weighted by atomic mass is 79.9. The number of carbonyl (C=O) groups is 2. The van der Waals surface area contributed by atoms with Crippen LogP contribution in [0.15, 0.2) is 27.2 Å². The Morgan fingerprint density at radius 2 is 2.25 bits per heavy atom. The quantitative estimate of drug-likeness (QED) is 0.812. The van der Waals surface area contributed by atoms with E-state index in [0.29, 0.717) is 17.9 Å². The molecule has 1 aliphatic heterocycles. The Morgan fingerprint density at radius 1 is 1.50 bits per heavy atom. The number of allylic oxidation sites excluding steroid dienone is 1. The average Bonchev–Trinajstić information content (AvgIpc) is 2.81. The number of urea groups is 1. The molecule has 2 rings (SSSR count). The molecule has 2 heterocycles. The third-order valence-corrected chi connectivity index (χ3v) is 4.49. The van der Waals surface area contributed by atoms with Crippen molar-refractivity contribution >= 4 is 39.3 Å². The maximum atomic E-state index is 12.2. The molecule has 2 amide bonds. The van der Waals surface area contributed by atoms with Crippen molar-refractivity contribution in [2.24, 2.45) is 0 Å². The minimum Gasteiger partial charge on any atom is -0.462 e. The summed E-state index contributed by atoms with van der Waals surface area (Å²) in [6, 6.07) is 2.98. The third-order valence-electron chi connectivity index (χ3n) is 2.80. The second kappa shape index (κ2) is 6.41. The highest BCUT2D eigenvalue weighted by Gasteiger charge is 2.32. The van der Waals surface area contributed by atoms with E-state index in [1.54, 1.807) is 6.92 Å². The Bertz CT molecular complexity index is 568. The van der Waals surface area contributed by atoms with Crippen LogP contribution in [0.2, 0.25) is 0 Å². The van der Waals surface area contributed by atoms with Gasteiger partial charge in [0.1, 0.15) is 0 Å². The zero-order valence-corrected chi connectivity index (χ0v) is 13.6. The lowest BCUT2D eigenvalue weighted by Crippen LogP contribution is -2.45. The molecule has 0 aromatic carbocycles. The van der Waals surface area contributed by atoms with Crippen molar-refractivity contribution < 1.29 is 14.3 Å². The van der Waals surface area contributed by atoms with Gasteiger partial charge in [0.2, 0.25) is 0 Å². The fourth-order valence-electron chi connectivity index (χ4n) is 1.93. The van der Waals surface area contributed by atoms with Gasteiger partial charge >= 0.3 is 12.0 Å². The number of amides is 2. The molecule has 0 bridgehead atoms. The molecule has 0 saturated heterocycles. The first-order valence-electron chi connectivity index (χ1n) is 6.23. The van der Waals surface area contributed by atoms with Gasteiger partial charge in [0.15, 0.2) is 0 Å². The van der Waals surface area contributed by atoms with E-state index in [-0.39, 0.29) is 6.03 Å². The lowest BCUT2D eigenvalue weighted by Gasteiger charge is -2.27. The second-order valence-electron chi connectivity index (χ2n) is 4.35. The van der Waals surface area contributed by atoms with Crippen LogP contribution in [0.25, 0.3) is 0 Å². The smallest absolute Gasteiger partial charge is 0.338 e. The first kappa shape index (κ1) is 15.1. The van der Waals surface area contributed by atoms with Crippen molar-refractivity contribution in [2.45, 2.75) is 26.3 Å². The van der Waals surface area contributed by atoms with Crippen LogP contribution in [0.1, 0.15) is 31.2 Å². The number of hydrogen-bond donors (Lipinski definition) is 2. The number of halogens is 1. The normalized spacial score (nSPS) is 18.6. The lowest BCUT2D eigenvalue weighted by atomic mass is 10.0. The van der Waals surface area contributed by atoms with E-state index in [1.165, 1.54) is 11.3 Å². The van der Waals surface area contributed by atoms with Crippen LogP contribution < -0.4 is 10.6 Å². The van der Waals surface area contributed by atoms with Gasteiger partial charge < -0.3 is 15.4 Å². The second-order valence-corrected chi connectivity index (χ2v) is 6.84. The van der Waals surface area contributed by atoms with Gasteiger partial charge in [0.05, 0.1) is 22.0 Å². The molecular formula is C13H15BrN2O3S.